The van der Waals surface area contributed by atoms with Crippen LogP contribution in [0.25, 0.3) is 0 Å². The number of ether oxygens (including phenoxy) is 2. The summed E-state index contributed by atoms with van der Waals surface area (Å²) in [6, 6.07) is 0. The maximum Gasteiger partial charge on any atom is 0.236 e. The Kier molecular flexibility index (Phi) is 5.98. The van der Waals surface area contributed by atoms with Gasteiger partial charge in [0.15, 0.2) is 0 Å². The van der Waals surface area contributed by atoms with E-state index in [4.69, 9.17) is 9.47 Å². The van der Waals surface area contributed by atoms with Gasteiger partial charge in [-0.2, -0.15) is 0 Å². The standard InChI is InChI=1S/C15H29N3O3/c1-12-7-18(8-13(2)21-12)15(19)11-17-5-6-20-14(10-17)9-16(3)4/h12-14H,5-11H2,1-4H3/t12-,13-,14-/m1/s1. The Morgan fingerprint density at radius 2 is 1.86 bits per heavy atom. The fourth-order valence-corrected chi connectivity index (χ4v) is 3.11. The van der Waals surface area contributed by atoms with Crippen LogP contribution in [-0.4, -0.2) is 98.9 Å². The minimum atomic E-state index is 0.129. The molecule has 2 saturated heterocycles. The van der Waals surface area contributed by atoms with E-state index in [0.29, 0.717) is 26.2 Å². The van der Waals surface area contributed by atoms with Crippen molar-refractivity contribution in [3.63, 3.8) is 0 Å². The smallest absolute Gasteiger partial charge is 0.236 e. The monoisotopic (exact) mass is 299 g/mol. The van der Waals surface area contributed by atoms with Crippen LogP contribution in [-0.2, 0) is 14.3 Å². The van der Waals surface area contributed by atoms with Crippen molar-refractivity contribution in [2.24, 2.45) is 0 Å². The van der Waals surface area contributed by atoms with Gasteiger partial charge in [-0.25, -0.2) is 0 Å². The summed E-state index contributed by atoms with van der Waals surface area (Å²) in [6.07, 6.45) is 0.455. The summed E-state index contributed by atoms with van der Waals surface area (Å²) in [5.41, 5.74) is 0. The molecule has 2 heterocycles. The van der Waals surface area contributed by atoms with E-state index >= 15 is 0 Å². The highest BCUT2D eigenvalue weighted by atomic mass is 16.5. The average molecular weight is 299 g/mol. The molecule has 2 rings (SSSR count). The van der Waals surface area contributed by atoms with E-state index in [1.54, 1.807) is 0 Å². The fraction of sp³-hybridized carbons (Fsp3) is 0.933. The topological polar surface area (TPSA) is 45.2 Å². The van der Waals surface area contributed by atoms with Gasteiger partial charge in [-0.3, -0.25) is 9.69 Å². The van der Waals surface area contributed by atoms with Gasteiger partial charge in [0.2, 0.25) is 5.91 Å². The molecule has 6 nitrogen and oxygen atoms in total. The van der Waals surface area contributed by atoms with Gasteiger partial charge >= 0.3 is 0 Å². The van der Waals surface area contributed by atoms with Crippen LogP contribution in [0.15, 0.2) is 0 Å². The first-order valence-corrected chi connectivity index (χ1v) is 7.86. The van der Waals surface area contributed by atoms with Crippen LogP contribution >= 0.6 is 0 Å². The second-order valence-electron chi connectivity index (χ2n) is 6.55. The van der Waals surface area contributed by atoms with Gasteiger partial charge in [-0.1, -0.05) is 0 Å². The number of rotatable bonds is 4. The van der Waals surface area contributed by atoms with Crippen LogP contribution < -0.4 is 0 Å². The molecule has 0 saturated carbocycles. The van der Waals surface area contributed by atoms with E-state index in [1.807, 2.05) is 32.8 Å². The summed E-state index contributed by atoms with van der Waals surface area (Å²) in [6.45, 7) is 9.23. The third-order valence-corrected chi connectivity index (χ3v) is 3.92. The maximum absolute atomic E-state index is 12.5. The highest BCUT2D eigenvalue weighted by molar-refractivity contribution is 5.78. The van der Waals surface area contributed by atoms with Gasteiger partial charge in [0.25, 0.3) is 0 Å². The van der Waals surface area contributed by atoms with Crippen molar-refractivity contribution in [1.82, 2.24) is 14.7 Å². The third-order valence-electron chi connectivity index (χ3n) is 3.92. The lowest BCUT2D eigenvalue weighted by atomic mass is 10.2. The largest absolute Gasteiger partial charge is 0.374 e. The minimum absolute atomic E-state index is 0.129. The van der Waals surface area contributed by atoms with Gasteiger partial charge in [0.1, 0.15) is 0 Å². The van der Waals surface area contributed by atoms with Crippen molar-refractivity contribution in [2.45, 2.75) is 32.2 Å². The van der Waals surface area contributed by atoms with Crippen molar-refractivity contribution in [3.05, 3.63) is 0 Å². The molecule has 2 fully saturated rings. The molecule has 122 valence electrons. The van der Waals surface area contributed by atoms with Crippen molar-refractivity contribution < 1.29 is 14.3 Å². The summed E-state index contributed by atoms with van der Waals surface area (Å²) in [5, 5.41) is 0. The van der Waals surface area contributed by atoms with Crippen LogP contribution in [0.1, 0.15) is 13.8 Å². The van der Waals surface area contributed by atoms with Crippen molar-refractivity contribution in [1.29, 1.82) is 0 Å². The van der Waals surface area contributed by atoms with Gasteiger partial charge in [-0.15, -0.1) is 0 Å². The van der Waals surface area contributed by atoms with E-state index in [0.717, 1.165) is 19.6 Å². The fourth-order valence-electron chi connectivity index (χ4n) is 3.11. The lowest BCUT2D eigenvalue weighted by Crippen LogP contribution is -2.53. The lowest BCUT2D eigenvalue weighted by Gasteiger charge is -2.38. The Morgan fingerprint density at radius 1 is 1.19 bits per heavy atom. The summed E-state index contributed by atoms with van der Waals surface area (Å²) in [5.74, 6) is 0.211. The Bertz CT molecular complexity index is 341. The zero-order valence-corrected chi connectivity index (χ0v) is 13.7. The van der Waals surface area contributed by atoms with Crippen LogP contribution in [0.3, 0.4) is 0 Å². The van der Waals surface area contributed by atoms with Gasteiger partial charge in [0, 0.05) is 32.7 Å². The zero-order chi connectivity index (χ0) is 15.4. The number of carbonyl (C=O) groups is 1. The van der Waals surface area contributed by atoms with Gasteiger partial charge in [-0.05, 0) is 27.9 Å². The van der Waals surface area contributed by atoms with Crippen molar-refractivity contribution in [3.8, 4) is 0 Å². The Balaban J connectivity index is 1.81. The number of morpholine rings is 2. The van der Waals surface area contributed by atoms with E-state index < -0.39 is 0 Å². The van der Waals surface area contributed by atoms with E-state index in [2.05, 4.69) is 9.80 Å². The molecule has 0 bridgehead atoms. The SMILES string of the molecule is C[C@@H]1CN(C(=O)CN2CCO[C@H](CN(C)C)C2)C[C@@H](C)O1. The van der Waals surface area contributed by atoms with Crippen LogP contribution in [0, 0.1) is 0 Å². The third kappa shape index (κ3) is 5.21. The second kappa shape index (κ2) is 7.54. The van der Waals surface area contributed by atoms with Crippen molar-refractivity contribution in [2.75, 3.05) is 60.0 Å². The zero-order valence-electron chi connectivity index (χ0n) is 13.7. The summed E-state index contributed by atoms with van der Waals surface area (Å²) < 4.78 is 11.4. The highest BCUT2D eigenvalue weighted by Gasteiger charge is 2.28. The Hall–Kier alpha value is -0.690. The predicted octanol–water partition coefficient (Wildman–Crippen LogP) is -0.115. The molecule has 21 heavy (non-hydrogen) atoms. The molecular weight excluding hydrogens is 270 g/mol. The number of hydrogen-bond donors (Lipinski definition) is 0. The van der Waals surface area contributed by atoms with Crippen LogP contribution in [0.4, 0.5) is 0 Å². The molecule has 0 N–H and O–H groups in total. The number of hydrogen-bond acceptors (Lipinski definition) is 5. The number of nitrogens with zero attached hydrogens (tertiary/aromatic N) is 3. The molecule has 0 unspecified atom stereocenters. The van der Waals surface area contributed by atoms with Gasteiger partial charge in [0.05, 0.1) is 31.5 Å². The number of carbonyl (C=O) groups excluding carboxylic acids is 1. The first-order chi connectivity index (χ1) is 9.94. The molecule has 0 spiro atoms. The second-order valence-corrected chi connectivity index (χ2v) is 6.55. The first-order valence-electron chi connectivity index (χ1n) is 7.86. The van der Waals surface area contributed by atoms with Gasteiger partial charge < -0.3 is 19.3 Å². The molecular formula is C15H29N3O3. The molecule has 0 aliphatic carbocycles. The molecule has 0 aromatic rings. The lowest BCUT2D eigenvalue weighted by molar-refractivity contribution is -0.146. The Morgan fingerprint density at radius 3 is 2.48 bits per heavy atom. The first kappa shape index (κ1) is 16.7. The molecule has 0 radical (unpaired) electrons. The van der Waals surface area contributed by atoms with Crippen molar-refractivity contribution >= 4 is 5.91 Å². The Labute approximate surface area is 128 Å². The minimum Gasteiger partial charge on any atom is -0.374 e. The summed E-state index contributed by atoms with van der Waals surface area (Å²) >= 11 is 0. The quantitative estimate of drug-likeness (QED) is 0.724. The summed E-state index contributed by atoms with van der Waals surface area (Å²) in [4.78, 5) is 18.7. The number of likely N-dealkylation sites (N-methyl/N-ethyl adjacent to an activating group) is 1. The average Bonchev–Trinajstić information content (AvgIpc) is 2.37. The molecule has 2 aliphatic heterocycles. The van der Waals surface area contributed by atoms with E-state index in [1.165, 1.54) is 0 Å². The molecule has 0 aromatic heterocycles. The molecule has 0 aromatic carbocycles. The molecule has 6 heteroatoms. The van der Waals surface area contributed by atoms with E-state index in [-0.39, 0.29) is 24.2 Å². The summed E-state index contributed by atoms with van der Waals surface area (Å²) in [7, 11) is 4.09. The predicted molar refractivity (Wildman–Crippen MR) is 81.3 cm³/mol. The highest BCUT2D eigenvalue weighted by Crippen LogP contribution is 2.12. The normalized spacial score (nSPS) is 31.7. The van der Waals surface area contributed by atoms with Crippen LogP contribution in [0.5, 0.6) is 0 Å². The molecule has 3 atom stereocenters. The number of amides is 1. The maximum atomic E-state index is 12.5. The van der Waals surface area contributed by atoms with Crippen LogP contribution in [0.2, 0.25) is 0 Å². The molecule has 1 amide bonds. The molecule has 2 aliphatic rings. The van der Waals surface area contributed by atoms with E-state index in [9.17, 15) is 4.79 Å².